The fourth-order valence-electron chi connectivity index (χ4n) is 2.54. The lowest BCUT2D eigenvalue weighted by atomic mass is 10.1. The number of carbonyl (C=O) groups is 2. The third-order valence-electron chi connectivity index (χ3n) is 3.51. The molecule has 2 heterocycles. The van der Waals surface area contributed by atoms with Crippen LogP contribution in [0.4, 0.5) is 0 Å². The number of hydrogen-bond donors (Lipinski definition) is 0. The van der Waals surface area contributed by atoms with Crippen molar-refractivity contribution in [2.24, 2.45) is 7.05 Å². The van der Waals surface area contributed by atoms with Crippen molar-refractivity contribution in [1.82, 2.24) is 4.57 Å². The fourth-order valence-corrected chi connectivity index (χ4v) is 2.54. The van der Waals surface area contributed by atoms with Crippen molar-refractivity contribution < 1.29 is 19.1 Å². The van der Waals surface area contributed by atoms with Crippen LogP contribution in [0.25, 0.3) is 10.9 Å². The molecule has 5 nitrogen and oxygen atoms in total. The van der Waals surface area contributed by atoms with Crippen LogP contribution in [0.5, 0.6) is 5.75 Å². The normalized spacial score (nSPS) is 13.1. The molecule has 5 heteroatoms. The molecule has 20 heavy (non-hydrogen) atoms. The fraction of sp³-hybridized carbons (Fsp3) is 0.333. The highest BCUT2D eigenvalue weighted by Crippen LogP contribution is 2.33. The monoisotopic (exact) mass is 273 g/mol. The highest BCUT2D eigenvalue weighted by Gasteiger charge is 2.24. The van der Waals surface area contributed by atoms with Gasteiger partial charge in [0.05, 0.1) is 18.8 Å². The van der Waals surface area contributed by atoms with Gasteiger partial charge in [-0.15, -0.1) is 0 Å². The summed E-state index contributed by atoms with van der Waals surface area (Å²) in [5, 5.41) is 0.728. The van der Waals surface area contributed by atoms with Crippen LogP contribution in [0.15, 0.2) is 18.3 Å². The summed E-state index contributed by atoms with van der Waals surface area (Å²) in [4.78, 5) is 23.8. The van der Waals surface area contributed by atoms with Crippen LogP contribution >= 0.6 is 0 Å². The number of nitrogens with zero attached hydrogens (tertiary/aromatic N) is 1. The number of aryl methyl sites for hydroxylation is 1. The Labute approximate surface area is 116 Å². The lowest BCUT2D eigenvalue weighted by molar-refractivity contribution is -0.137. The van der Waals surface area contributed by atoms with Gasteiger partial charge in [0, 0.05) is 30.6 Å². The van der Waals surface area contributed by atoms with Crippen LogP contribution in [0, 0.1) is 0 Å². The second-order valence-corrected chi connectivity index (χ2v) is 4.78. The number of fused-ring (bicyclic) bond motifs is 2. The Morgan fingerprint density at radius 1 is 1.40 bits per heavy atom. The van der Waals surface area contributed by atoms with E-state index in [0.717, 1.165) is 28.6 Å². The number of benzene rings is 1. The Hall–Kier alpha value is -2.30. The molecule has 0 saturated heterocycles. The summed E-state index contributed by atoms with van der Waals surface area (Å²) >= 11 is 0. The largest absolute Gasteiger partial charge is 0.493 e. The molecule has 0 spiro atoms. The minimum atomic E-state index is -0.818. The van der Waals surface area contributed by atoms with Gasteiger partial charge in [-0.25, -0.2) is 4.79 Å². The van der Waals surface area contributed by atoms with Crippen molar-refractivity contribution >= 4 is 22.7 Å². The molecule has 0 aliphatic carbocycles. The zero-order valence-electron chi connectivity index (χ0n) is 11.4. The molecule has 104 valence electrons. The van der Waals surface area contributed by atoms with Gasteiger partial charge in [0.2, 0.25) is 0 Å². The van der Waals surface area contributed by atoms with E-state index in [9.17, 15) is 9.59 Å². The maximum atomic E-state index is 12.1. The van der Waals surface area contributed by atoms with Crippen molar-refractivity contribution in [2.75, 3.05) is 13.2 Å². The smallest absolute Gasteiger partial charge is 0.379 e. The lowest BCUT2D eigenvalue weighted by Crippen LogP contribution is -2.17. The Balaban J connectivity index is 2.12. The quantitative estimate of drug-likeness (QED) is 0.486. The first-order valence-corrected chi connectivity index (χ1v) is 6.58. The number of hydrogen-bond acceptors (Lipinski definition) is 4. The van der Waals surface area contributed by atoms with Gasteiger partial charge in [0.15, 0.2) is 0 Å². The molecule has 1 aliphatic rings. The number of ether oxygens (including phenoxy) is 2. The maximum Gasteiger partial charge on any atom is 0.379 e. The SMILES string of the molecule is CCOC(=O)C(=O)c1cn(C)c2cc3c(cc12)OCC3. The average molecular weight is 273 g/mol. The summed E-state index contributed by atoms with van der Waals surface area (Å²) in [7, 11) is 1.85. The molecule has 0 bridgehead atoms. The first-order chi connectivity index (χ1) is 9.61. The molecule has 0 radical (unpaired) electrons. The first kappa shape index (κ1) is 12.7. The minimum absolute atomic E-state index is 0.188. The molecule has 0 N–H and O–H groups in total. The molecule has 0 fully saturated rings. The highest BCUT2D eigenvalue weighted by atomic mass is 16.5. The molecule has 0 saturated carbocycles. The number of esters is 1. The second kappa shape index (κ2) is 4.67. The molecular weight excluding hydrogens is 258 g/mol. The number of rotatable bonds is 3. The zero-order valence-corrected chi connectivity index (χ0v) is 11.4. The maximum absolute atomic E-state index is 12.1. The van der Waals surface area contributed by atoms with Gasteiger partial charge in [-0.3, -0.25) is 4.79 Å². The number of carbonyl (C=O) groups excluding carboxylic acids is 2. The first-order valence-electron chi connectivity index (χ1n) is 6.58. The predicted molar refractivity (Wildman–Crippen MR) is 73.1 cm³/mol. The Bertz CT molecular complexity index is 714. The van der Waals surface area contributed by atoms with E-state index in [1.807, 2.05) is 23.7 Å². The summed E-state index contributed by atoms with van der Waals surface area (Å²) in [6.07, 6.45) is 2.54. The average Bonchev–Trinajstić information content (AvgIpc) is 3.01. The van der Waals surface area contributed by atoms with Crippen LogP contribution < -0.4 is 4.74 Å². The van der Waals surface area contributed by atoms with E-state index in [4.69, 9.17) is 9.47 Å². The van der Waals surface area contributed by atoms with E-state index < -0.39 is 11.8 Å². The third-order valence-corrected chi connectivity index (χ3v) is 3.51. The summed E-state index contributed by atoms with van der Waals surface area (Å²) in [5.74, 6) is -0.640. The van der Waals surface area contributed by atoms with Crippen LogP contribution in [0.2, 0.25) is 0 Å². The molecule has 0 unspecified atom stereocenters. The van der Waals surface area contributed by atoms with E-state index >= 15 is 0 Å². The molecular formula is C15H15NO4. The summed E-state index contributed by atoms with van der Waals surface area (Å²) in [6, 6.07) is 3.85. The third kappa shape index (κ3) is 1.86. The summed E-state index contributed by atoms with van der Waals surface area (Å²) in [6.45, 7) is 2.52. The van der Waals surface area contributed by atoms with Gasteiger partial charge >= 0.3 is 5.97 Å². The van der Waals surface area contributed by atoms with Crippen molar-refractivity contribution in [3.05, 3.63) is 29.5 Å². The molecule has 1 aliphatic heterocycles. The molecule has 0 amide bonds. The van der Waals surface area contributed by atoms with E-state index in [-0.39, 0.29) is 6.61 Å². The predicted octanol–water partition coefficient (Wildman–Crippen LogP) is 1.86. The van der Waals surface area contributed by atoms with E-state index in [0.29, 0.717) is 12.2 Å². The molecule has 0 atom stereocenters. The Morgan fingerprint density at radius 3 is 2.95 bits per heavy atom. The van der Waals surface area contributed by atoms with Crippen LogP contribution in [0.1, 0.15) is 22.8 Å². The van der Waals surface area contributed by atoms with E-state index in [1.54, 1.807) is 13.1 Å². The van der Waals surface area contributed by atoms with Crippen LogP contribution in [0.3, 0.4) is 0 Å². The molecule has 2 aromatic rings. The van der Waals surface area contributed by atoms with Gasteiger partial charge in [0.25, 0.3) is 5.78 Å². The van der Waals surface area contributed by atoms with Crippen molar-refractivity contribution in [2.45, 2.75) is 13.3 Å². The number of ketones is 1. The van der Waals surface area contributed by atoms with Gasteiger partial charge < -0.3 is 14.0 Å². The van der Waals surface area contributed by atoms with Gasteiger partial charge in [-0.1, -0.05) is 0 Å². The molecule has 1 aromatic carbocycles. The van der Waals surface area contributed by atoms with Crippen molar-refractivity contribution in [3.63, 3.8) is 0 Å². The molecule has 1 aromatic heterocycles. The van der Waals surface area contributed by atoms with E-state index in [2.05, 4.69) is 0 Å². The topological polar surface area (TPSA) is 57.5 Å². The minimum Gasteiger partial charge on any atom is -0.493 e. The lowest BCUT2D eigenvalue weighted by Gasteiger charge is -2.02. The van der Waals surface area contributed by atoms with Gasteiger partial charge in [-0.05, 0) is 24.6 Å². The second-order valence-electron chi connectivity index (χ2n) is 4.78. The van der Waals surface area contributed by atoms with E-state index in [1.165, 1.54) is 0 Å². The standard InChI is InChI=1S/C15H15NO4/c1-3-19-15(18)14(17)11-8-16(2)12-6-9-4-5-20-13(9)7-10(11)12/h6-8H,3-5H2,1-2H3. The van der Waals surface area contributed by atoms with Gasteiger partial charge in [-0.2, -0.15) is 0 Å². The highest BCUT2D eigenvalue weighted by molar-refractivity contribution is 6.43. The number of Topliss-reactive ketones (excluding diaryl/α,β-unsaturated/α-hetero) is 1. The van der Waals surface area contributed by atoms with Crippen molar-refractivity contribution in [1.29, 1.82) is 0 Å². The number of aromatic nitrogens is 1. The van der Waals surface area contributed by atoms with Gasteiger partial charge in [0.1, 0.15) is 5.75 Å². The molecule has 3 rings (SSSR count). The Kier molecular flexibility index (Phi) is 2.97. The Morgan fingerprint density at radius 2 is 2.20 bits per heavy atom. The zero-order chi connectivity index (χ0) is 14.3. The van der Waals surface area contributed by atoms with Crippen molar-refractivity contribution in [3.8, 4) is 5.75 Å². The van der Waals surface area contributed by atoms with Crippen LogP contribution in [-0.4, -0.2) is 29.5 Å². The summed E-state index contributed by atoms with van der Waals surface area (Å²) in [5.41, 5.74) is 2.41. The van der Waals surface area contributed by atoms with Crippen LogP contribution in [-0.2, 0) is 23.0 Å². The summed E-state index contributed by atoms with van der Waals surface area (Å²) < 4.78 is 12.1.